The van der Waals surface area contributed by atoms with Crippen molar-refractivity contribution in [1.82, 2.24) is 34.7 Å². The Kier molecular flexibility index (Phi) is 4.60. The Balaban J connectivity index is 0.940. The van der Waals surface area contributed by atoms with Crippen LogP contribution < -0.4 is 10.2 Å². The summed E-state index contributed by atoms with van der Waals surface area (Å²) in [5.41, 5.74) is 5.48. The second kappa shape index (κ2) is 7.84. The summed E-state index contributed by atoms with van der Waals surface area (Å²) >= 11 is 0. The van der Waals surface area contributed by atoms with Crippen LogP contribution in [-0.4, -0.2) is 53.7 Å². The highest BCUT2D eigenvalue weighted by molar-refractivity contribution is 5.64. The molecule has 8 nitrogen and oxygen atoms in total. The van der Waals surface area contributed by atoms with Crippen LogP contribution in [0.5, 0.6) is 0 Å². The minimum absolute atomic E-state index is 0.225. The predicted molar refractivity (Wildman–Crippen MR) is 138 cm³/mol. The standard InChI is InChI=1S/C28H31FN8/c29-28-15-27(16-28,17-28)18-31-8-19-1-6-26-32-21(12-35(26)11-19)13-36-14-25(33-34-36)20-7-24(10-30-9-20)37-22-2-3-23(37)5-4-22/h1,6-7,9-12,14,22-23,31H,2-5,8,13,15-18H2. The number of imidazole rings is 1. The third kappa shape index (κ3) is 3.66. The SMILES string of the molecule is FC12CC(CNCc3ccc4nc(Cn5cc(-c6cncc(N7C8CCC7CC8)c6)nn5)cn4c3)(C1)C2. The highest BCUT2D eigenvalue weighted by Crippen LogP contribution is 2.69. The Morgan fingerprint density at radius 3 is 2.59 bits per heavy atom. The van der Waals surface area contributed by atoms with E-state index in [4.69, 9.17) is 4.98 Å². The molecule has 37 heavy (non-hydrogen) atoms. The molecule has 0 amide bonds. The van der Waals surface area contributed by atoms with E-state index in [1.165, 1.54) is 36.9 Å². The molecule has 3 aliphatic carbocycles. The normalized spacial score (nSPS) is 29.6. The van der Waals surface area contributed by atoms with Crippen LogP contribution in [0.2, 0.25) is 0 Å². The minimum atomic E-state index is -0.827. The number of halogens is 1. The van der Waals surface area contributed by atoms with Gasteiger partial charge in [0.15, 0.2) is 0 Å². The molecule has 4 bridgehead atoms. The summed E-state index contributed by atoms with van der Waals surface area (Å²) in [7, 11) is 0. The maximum Gasteiger partial charge on any atom is 0.137 e. The summed E-state index contributed by atoms with van der Waals surface area (Å²) in [6.45, 7) is 2.24. The lowest BCUT2D eigenvalue weighted by Crippen LogP contribution is -2.67. The Labute approximate surface area is 214 Å². The van der Waals surface area contributed by atoms with Gasteiger partial charge in [-0.15, -0.1) is 5.10 Å². The zero-order chi connectivity index (χ0) is 24.6. The van der Waals surface area contributed by atoms with Crippen LogP contribution in [-0.2, 0) is 13.1 Å². The van der Waals surface area contributed by atoms with Crippen molar-refractivity contribution in [2.75, 3.05) is 11.4 Å². The minimum Gasteiger partial charge on any atom is -0.364 e. The number of rotatable bonds is 8. The number of hydrogen-bond acceptors (Lipinski definition) is 6. The fraction of sp³-hybridized carbons (Fsp3) is 0.500. The van der Waals surface area contributed by atoms with Crippen LogP contribution in [0, 0.1) is 5.41 Å². The summed E-state index contributed by atoms with van der Waals surface area (Å²) in [5.74, 6) is 0. The van der Waals surface area contributed by atoms with Crippen LogP contribution >= 0.6 is 0 Å². The van der Waals surface area contributed by atoms with Gasteiger partial charge in [0.2, 0.25) is 0 Å². The first-order valence-electron chi connectivity index (χ1n) is 13.5. The molecule has 190 valence electrons. The Morgan fingerprint density at radius 2 is 1.81 bits per heavy atom. The van der Waals surface area contributed by atoms with Gasteiger partial charge in [-0.1, -0.05) is 11.3 Å². The number of pyridine rings is 2. The van der Waals surface area contributed by atoms with Gasteiger partial charge < -0.3 is 14.6 Å². The van der Waals surface area contributed by atoms with Crippen molar-refractivity contribution in [3.63, 3.8) is 0 Å². The molecule has 2 saturated heterocycles. The van der Waals surface area contributed by atoms with E-state index in [0.29, 0.717) is 18.6 Å². The Hall–Kier alpha value is -3.33. The summed E-state index contributed by atoms with van der Waals surface area (Å²) in [4.78, 5) is 11.9. The Morgan fingerprint density at radius 1 is 1.00 bits per heavy atom. The molecule has 5 fully saturated rings. The molecule has 9 heteroatoms. The average molecular weight is 499 g/mol. The zero-order valence-electron chi connectivity index (χ0n) is 20.9. The van der Waals surface area contributed by atoms with Gasteiger partial charge in [0.05, 0.1) is 30.3 Å². The van der Waals surface area contributed by atoms with E-state index >= 15 is 0 Å². The first-order valence-corrected chi connectivity index (χ1v) is 13.5. The van der Waals surface area contributed by atoms with E-state index in [9.17, 15) is 4.39 Å². The van der Waals surface area contributed by atoms with Crippen molar-refractivity contribution in [1.29, 1.82) is 0 Å². The number of fused-ring (bicyclic) bond motifs is 3. The molecule has 2 aliphatic heterocycles. The van der Waals surface area contributed by atoms with Gasteiger partial charge in [-0.2, -0.15) is 0 Å². The number of aromatic nitrogens is 6. The van der Waals surface area contributed by atoms with E-state index in [2.05, 4.69) is 54.4 Å². The number of nitrogens with one attached hydrogen (secondary N) is 1. The molecule has 0 atom stereocenters. The summed E-state index contributed by atoms with van der Waals surface area (Å²) in [5, 5.41) is 12.3. The molecule has 0 unspecified atom stereocenters. The number of anilines is 1. The molecule has 4 aromatic rings. The van der Waals surface area contributed by atoms with E-state index in [-0.39, 0.29) is 5.41 Å². The third-order valence-electron chi connectivity index (χ3n) is 9.10. The maximum absolute atomic E-state index is 13.7. The van der Waals surface area contributed by atoms with Crippen molar-refractivity contribution in [3.8, 4) is 11.3 Å². The first-order chi connectivity index (χ1) is 18.0. The van der Waals surface area contributed by atoms with Crippen LogP contribution in [0.3, 0.4) is 0 Å². The number of nitrogens with zero attached hydrogens (tertiary/aromatic N) is 7. The molecule has 3 saturated carbocycles. The topological polar surface area (TPSA) is 76.2 Å². The van der Waals surface area contributed by atoms with Gasteiger partial charge in [0, 0.05) is 49.3 Å². The van der Waals surface area contributed by atoms with Gasteiger partial charge >= 0.3 is 0 Å². The highest BCUT2D eigenvalue weighted by Gasteiger charge is 2.68. The molecule has 0 radical (unpaired) electrons. The van der Waals surface area contributed by atoms with Crippen molar-refractivity contribution in [2.45, 2.75) is 75.8 Å². The summed E-state index contributed by atoms with van der Waals surface area (Å²) in [6, 6.07) is 7.70. The molecule has 6 heterocycles. The second-order valence-corrected chi connectivity index (χ2v) is 11.9. The molecule has 0 aromatic carbocycles. The lowest BCUT2D eigenvalue weighted by Gasteiger charge is -2.66. The third-order valence-corrected chi connectivity index (χ3v) is 9.10. The maximum atomic E-state index is 13.7. The lowest BCUT2D eigenvalue weighted by molar-refractivity contribution is -0.209. The monoisotopic (exact) mass is 498 g/mol. The van der Waals surface area contributed by atoms with Crippen molar-refractivity contribution < 1.29 is 4.39 Å². The van der Waals surface area contributed by atoms with Crippen molar-refractivity contribution >= 4 is 11.3 Å². The molecule has 1 N–H and O–H groups in total. The van der Waals surface area contributed by atoms with Gasteiger partial charge in [0.1, 0.15) is 17.0 Å². The van der Waals surface area contributed by atoms with Crippen LogP contribution in [0.25, 0.3) is 16.9 Å². The molecule has 5 aliphatic rings. The second-order valence-electron chi connectivity index (χ2n) is 11.9. The van der Waals surface area contributed by atoms with Crippen molar-refractivity contribution in [3.05, 3.63) is 60.4 Å². The predicted octanol–water partition coefficient (Wildman–Crippen LogP) is 4.15. The van der Waals surface area contributed by atoms with Gasteiger partial charge in [-0.25, -0.2) is 14.1 Å². The molecule has 4 aromatic heterocycles. The first kappa shape index (κ1) is 21.7. The largest absolute Gasteiger partial charge is 0.364 e. The highest BCUT2D eigenvalue weighted by atomic mass is 19.1. The van der Waals surface area contributed by atoms with Gasteiger partial charge in [0.25, 0.3) is 0 Å². The van der Waals surface area contributed by atoms with E-state index in [1.54, 1.807) is 0 Å². The van der Waals surface area contributed by atoms with Crippen molar-refractivity contribution in [2.24, 2.45) is 5.41 Å². The van der Waals surface area contributed by atoms with E-state index < -0.39 is 5.67 Å². The summed E-state index contributed by atoms with van der Waals surface area (Å²) in [6.07, 6.45) is 17.4. The van der Waals surface area contributed by atoms with Gasteiger partial charge in [-0.3, -0.25) is 4.98 Å². The number of hydrogen-bond donors (Lipinski definition) is 1. The zero-order valence-corrected chi connectivity index (χ0v) is 20.9. The molecular weight excluding hydrogens is 467 g/mol. The fourth-order valence-corrected chi connectivity index (χ4v) is 7.51. The molecule has 9 rings (SSSR count). The molecule has 0 spiro atoms. The van der Waals surface area contributed by atoms with E-state index in [1.807, 2.05) is 29.3 Å². The smallest absolute Gasteiger partial charge is 0.137 e. The van der Waals surface area contributed by atoms with Crippen LogP contribution in [0.1, 0.15) is 56.2 Å². The molecular formula is C28H31FN8. The number of alkyl halides is 1. The van der Waals surface area contributed by atoms with Gasteiger partial charge in [-0.05, 0) is 68.1 Å². The Bertz CT molecular complexity index is 1450. The summed E-state index contributed by atoms with van der Waals surface area (Å²) < 4.78 is 17.6. The van der Waals surface area contributed by atoms with E-state index in [0.717, 1.165) is 55.0 Å². The lowest BCUT2D eigenvalue weighted by atomic mass is 9.42. The van der Waals surface area contributed by atoms with Crippen LogP contribution in [0.15, 0.2) is 49.2 Å². The van der Waals surface area contributed by atoms with Crippen LogP contribution in [0.4, 0.5) is 10.1 Å². The fourth-order valence-electron chi connectivity index (χ4n) is 7.51. The average Bonchev–Trinajstić information content (AvgIpc) is 3.66. The quantitative estimate of drug-likeness (QED) is 0.393.